The molecule has 2 N–H and O–H groups in total. The second kappa shape index (κ2) is 6.91. The predicted molar refractivity (Wildman–Crippen MR) is 83.4 cm³/mol. The Balaban J connectivity index is 3.02. The van der Waals surface area contributed by atoms with Crippen molar-refractivity contribution >= 4 is 21.7 Å². The number of carboxylic acids is 1. The topological polar surface area (TPSA) is 101 Å². The maximum Gasteiger partial charge on any atom is 0.330 e. The number of rotatable bonds is 6. The lowest BCUT2D eigenvalue weighted by Crippen LogP contribution is -2.39. The summed E-state index contributed by atoms with van der Waals surface area (Å²) in [6.07, 6.45) is 0. The second-order valence-corrected chi connectivity index (χ2v) is 8.04. The Morgan fingerprint density at radius 1 is 1.23 bits per heavy atom. The van der Waals surface area contributed by atoms with Gasteiger partial charge in [-0.1, -0.05) is 18.2 Å². The lowest BCUT2D eigenvalue weighted by Gasteiger charge is -2.18. The average molecular weight is 327 g/mol. The molecule has 0 saturated heterocycles. The number of amides is 1. The van der Waals surface area contributed by atoms with E-state index >= 15 is 0 Å². The van der Waals surface area contributed by atoms with Gasteiger partial charge in [0.15, 0.2) is 15.9 Å². The molecule has 122 valence electrons. The van der Waals surface area contributed by atoms with E-state index in [4.69, 9.17) is 0 Å². The van der Waals surface area contributed by atoms with Crippen molar-refractivity contribution in [1.29, 1.82) is 0 Å². The fourth-order valence-corrected chi connectivity index (χ4v) is 2.69. The van der Waals surface area contributed by atoms with Crippen LogP contribution < -0.4 is 5.32 Å². The van der Waals surface area contributed by atoms with Crippen LogP contribution in [0.4, 0.5) is 0 Å². The number of hydrogen-bond acceptors (Lipinski definition) is 4. The number of hydrogen-bond donors (Lipinski definition) is 2. The molecule has 0 aliphatic carbocycles. The minimum absolute atomic E-state index is 0.447. The van der Waals surface area contributed by atoms with E-state index in [9.17, 15) is 23.1 Å². The highest BCUT2D eigenvalue weighted by Gasteiger charge is 2.27. The number of aryl methyl sites for hydroxylation is 1. The van der Waals surface area contributed by atoms with Crippen molar-refractivity contribution in [2.24, 2.45) is 0 Å². The first-order chi connectivity index (χ1) is 10.1. The van der Waals surface area contributed by atoms with Crippen LogP contribution in [0.25, 0.3) is 0 Å². The molecule has 1 atom stereocenters. The first-order valence-electron chi connectivity index (χ1n) is 6.86. The lowest BCUT2D eigenvalue weighted by molar-refractivity contribution is -0.141. The number of carbonyl (C=O) groups is 2. The molecule has 7 heteroatoms. The Kier molecular flexibility index (Phi) is 5.71. The predicted octanol–water partition coefficient (Wildman–Crippen LogP) is 1.37. The van der Waals surface area contributed by atoms with Gasteiger partial charge in [0.1, 0.15) is 5.75 Å². The SMILES string of the molecule is Cc1cccc(C(NC(=O)CS(=O)(=O)C(C)C)C(=O)O)c1C. The standard InChI is InChI=1S/C15H21NO5S/c1-9(2)22(20,21)8-13(17)16-14(15(18)19)12-7-5-6-10(3)11(12)4/h5-7,9,14H,8H2,1-4H3,(H,16,17)(H,18,19). The number of benzene rings is 1. The Morgan fingerprint density at radius 2 is 1.82 bits per heavy atom. The Hall–Kier alpha value is -1.89. The van der Waals surface area contributed by atoms with Crippen molar-refractivity contribution in [2.75, 3.05) is 5.75 Å². The highest BCUT2D eigenvalue weighted by molar-refractivity contribution is 7.92. The fraction of sp³-hybridized carbons (Fsp3) is 0.467. The van der Waals surface area contributed by atoms with Crippen LogP contribution in [0.5, 0.6) is 0 Å². The minimum Gasteiger partial charge on any atom is -0.479 e. The van der Waals surface area contributed by atoms with Gasteiger partial charge in [-0.05, 0) is 44.4 Å². The van der Waals surface area contributed by atoms with Gasteiger partial charge < -0.3 is 10.4 Å². The molecule has 0 heterocycles. The van der Waals surface area contributed by atoms with E-state index in [2.05, 4.69) is 5.32 Å². The summed E-state index contributed by atoms with van der Waals surface area (Å²) in [6, 6.07) is 3.88. The van der Waals surface area contributed by atoms with Gasteiger partial charge in [0, 0.05) is 0 Å². The van der Waals surface area contributed by atoms with E-state index in [1.165, 1.54) is 13.8 Å². The Labute approximate surface area is 130 Å². The fourth-order valence-electron chi connectivity index (χ4n) is 1.91. The molecule has 1 unspecified atom stereocenters. The zero-order chi connectivity index (χ0) is 17.1. The number of carboxylic acid groups (broad SMARTS) is 1. The molecule has 0 aliphatic heterocycles. The van der Waals surface area contributed by atoms with Gasteiger partial charge in [0.2, 0.25) is 5.91 Å². The molecule has 0 spiro atoms. The smallest absolute Gasteiger partial charge is 0.330 e. The van der Waals surface area contributed by atoms with Crippen LogP contribution in [0.3, 0.4) is 0 Å². The van der Waals surface area contributed by atoms with Gasteiger partial charge in [-0.2, -0.15) is 0 Å². The summed E-state index contributed by atoms with van der Waals surface area (Å²) in [4.78, 5) is 23.3. The normalized spacial score (nSPS) is 13.0. The van der Waals surface area contributed by atoms with E-state index in [-0.39, 0.29) is 0 Å². The molecule has 0 aliphatic rings. The molecular weight excluding hydrogens is 306 g/mol. The molecule has 0 saturated carbocycles. The van der Waals surface area contributed by atoms with E-state index < -0.39 is 38.8 Å². The maximum atomic E-state index is 11.9. The average Bonchev–Trinajstić information content (AvgIpc) is 2.38. The minimum atomic E-state index is -3.57. The maximum absolute atomic E-state index is 11.9. The van der Waals surface area contributed by atoms with Crippen molar-refractivity contribution < 1.29 is 23.1 Å². The number of sulfone groups is 1. The van der Waals surface area contributed by atoms with Gasteiger partial charge in [0.05, 0.1) is 5.25 Å². The highest BCUT2D eigenvalue weighted by Crippen LogP contribution is 2.21. The molecule has 1 amide bonds. The van der Waals surface area contributed by atoms with Crippen LogP contribution in [-0.2, 0) is 19.4 Å². The third-order valence-corrected chi connectivity index (χ3v) is 5.66. The zero-order valence-corrected chi connectivity index (χ0v) is 13.9. The Bertz CT molecular complexity index is 679. The van der Waals surface area contributed by atoms with Crippen LogP contribution in [0.2, 0.25) is 0 Å². The highest BCUT2D eigenvalue weighted by atomic mass is 32.2. The first-order valence-corrected chi connectivity index (χ1v) is 8.57. The quantitative estimate of drug-likeness (QED) is 0.822. The second-order valence-electron chi connectivity index (χ2n) is 5.48. The van der Waals surface area contributed by atoms with Gasteiger partial charge in [0.25, 0.3) is 0 Å². The zero-order valence-electron chi connectivity index (χ0n) is 13.1. The molecule has 6 nitrogen and oxygen atoms in total. The van der Waals surface area contributed by atoms with Gasteiger partial charge >= 0.3 is 5.97 Å². The van der Waals surface area contributed by atoms with Crippen LogP contribution in [0.15, 0.2) is 18.2 Å². The molecule has 0 fully saturated rings. The summed E-state index contributed by atoms with van der Waals surface area (Å²) in [5.74, 6) is -2.77. The monoisotopic (exact) mass is 327 g/mol. The number of nitrogens with one attached hydrogen (secondary N) is 1. The summed E-state index contributed by atoms with van der Waals surface area (Å²) >= 11 is 0. The Morgan fingerprint density at radius 3 is 2.32 bits per heavy atom. The molecule has 0 radical (unpaired) electrons. The van der Waals surface area contributed by atoms with Crippen molar-refractivity contribution in [2.45, 2.75) is 39.0 Å². The summed E-state index contributed by atoms with van der Waals surface area (Å²) in [6.45, 7) is 6.55. The molecular formula is C15H21NO5S. The summed E-state index contributed by atoms with van der Waals surface area (Å²) in [7, 11) is -3.57. The summed E-state index contributed by atoms with van der Waals surface area (Å²) in [5, 5.41) is 10.9. The van der Waals surface area contributed by atoms with Crippen LogP contribution in [0, 0.1) is 13.8 Å². The number of carbonyl (C=O) groups excluding carboxylic acids is 1. The van der Waals surface area contributed by atoms with Gasteiger partial charge in [-0.25, -0.2) is 13.2 Å². The van der Waals surface area contributed by atoms with Crippen LogP contribution in [-0.4, -0.2) is 36.4 Å². The van der Waals surface area contributed by atoms with E-state index in [1.54, 1.807) is 19.1 Å². The van der Waals surface area contributed by atoms with Gasteiger partial charge in [-0.3, -0.25) is 4.79 Å². The molecule has 1 aromatic rings. The number of aliphatic carboxylic acids is 1. The summed E-state index contributed by atoms with van der Waals surface area (Å²) < 4.78 is 23.5. The summed E-state index contributed by atoms with van der Waals surface area (Å²) in [5.41, 5.74) is 2.09. The first kappa shape index (κ1) is 18.2. The van der Waals surface area contributed by atoms with E-state index in [1.807, 2.05) is 13.0 Å². The van der Waals surface area contributed by atoms with Crippen LogP contribution in [0.1, 0.15) is 36.6 Å². The van der Waals surface area contributed by atoms with Gasteiger partial charge in [-0.15, -0.1) is 0 Å². The van der Waals surface area contributed by atoms with Crippen LogP contribution >= 0.6 is 0 Å². The lowest BCUT2D eigenvalue weighted by atomic mass is 9.97. The largest absolute Gasteiger partial charge is 0.479 e. The van der Waals surface area contributed by atoms with Crippen molar-refractivity contribution in [3.63, 3.8) is 0 Å². The molecule has 0 aromatic heterocycles. The molecule has 22 heavy (non-hydrogen) atoms. The molecule has 1 aromatic carbocycles. The van der Waals surface area contributed by atoms with Crippen molar-refractivity contribution in [3.05, 3.63) is 34.9 Å². The third-order valence-electron chi connectivity index (χ3n) is 3.56. The van der Waals surface area contributed by atoms with E-state index in [0.29, 0.717) is 5.56 Å². The molecule has 1 rings (SSSR count). The van der Waals surface area contributed by atoms with E-state index in [0.717, 1.165) is 11.1 Å². The third kappa shape index (κ3) is 4.30. The van der Waals surface area contributed by atoms with Crippen molar-refractivity contribution in [1.82, 2.24) is 5.32 Å². The molecule has 0 bridgehead atoms. The van der Waals surface area contributed by atoms with Crippen molar-refractivity contribution in [3.8, 4) is 0 Å².